The number of nitrogens with one attached hydrogen (secondary N) is 3. The first-order chi connectivity index (χ1) is 16.0. The number of halogens is 5. The molecular formula is C21H17BrF4N6O2. The molecule has 34 heavy (non-hydrogen) atoms. The van der Waals surface area contributed by atoms with Gasteiger partial charge in [0.1, 0.15) is 5.75 Å². The summed E-state index contributed by atoms with van der Waals surface area (Å²) in [5.74, 6) is -1.79. The Morgan fingerprint density at radius 3 is 2.65 bits per heavy atom. The molecule has 3 aromatic rings. The van der Waals surface area contributed by atoms with Crippen LogP contribution in [-0.4, -0.2) is 34.2 Å². The zero-order chi connectivity index (χ0) is 25.0. The Labute approximate surface area is 199 Å². The number of aromatic hydroxyl groups is 1. The van der Waals surface area contributed by atoms with Crippen molar-refractivity contribution < 1.29 is 27.5 Å². The van der Waals surface area contributed by atoms with E-state index in [1.54, 1.807) is 0 Å². The van der Waals surface area contributed by atoms with Crippen LogP contribution in [0.3, 0.4) is 0 Å². The van der Waals surface area contributed by atoms with Crippen LogP contribution < -0.4 is 16.1 Å². The Kier molecular flexibility index (Phi) is 7.35. The van der Waals surface area contributed by atoms with Gasteiger partial charge in [0, 0.05) is 17.2 Å². The van der Waals surface area contributed by atoms with Crippen LogP contribution >= 0.6 is 15.9 Å². The molecule has 8 nitrogen and oxygen atoms in total. The fourth-order valence-electron chi connectivity index (χ4n) is 2.83. The predicted octanol–water partition coefficient (Wildman–Crippen LogP) is 5.15. The molecule has 0 aliphatic rings. The summed E-state index contributed by atoms with van der Waals surface area (Å²) >= 11 is 3.25. The summed E-state index contributed by atoms with van der Waals surface area (Å²) in [6, 6.07) is 5.55. The van der Waals surface area contributed by atoms with Crippen molar-refractivity contribution in [2.24, 2.45) is 5.10 Å². The van der Waals surface area contributed by atoms with E-state index in [9.17, 15) is 27.5 Å². The molecule has 0 aliphatic carbocycles. The summed E-state index contributed by atoms with van der Waals surface area (Å²) in [6.07, 6.45) is -2.54. The van der Waals surface area contributed by atoms with Gasteiger partial charge in [-0.15, -0.1) is 0 Å². The van der Waals surface area contributed by atoms with Crippen LogP contribution in [-0.2, 0) is 6.18 Å². The van der Waals surface area contributed by atoms with Gasteiger partial charge in [-0.05, 0) is 47.1 Å². The molecule has 0 atom stereocenters. The number of hydrazone groups is 1. The number of carbonyl (C=O) groups is 1. The zero-order valence-corrected chi connectivity index (χ0v) is 19.2. The van der Waals surface area contributed by atoms with Crippen molar-refractivity contribution in [1.29, 1.82) is 0 Å². The average Bonchev–Trinajstić information content (AvgIpc) is 2.77. The van der Waals surface area contributed by atoms with Crippen molar-refractivity contribution in [3.63, 3.8) is 0 Å². The van der Waals surface area contributed by atoms with E-state index in [1.807, 2.05) is 0 Å². The molecule has 1 aromatic heterocycles. The third-order valence-corrected chi connectivity index (χ3v) is 5.14. The highest BCUT2D eigenvalue weighted by atomic mass is 79.9. The first-order valence-corrected chi connectivity index (χ1v) is 10.3. The number of anilines is 3. The molecule has 178 valence electrons. The highest BCUT2D eigenvalue weighted by molar-refractivity contribution is 9.10. The summed E-state index contributed by atoms with van der Waals surface area (Å²) in [5.41, 5.74) is 1.60. The lowest BCUT2D eigenvalue weighted by Crippen LogP contribution is -2.16. The second-order valence-electron chi connectivity index (χ2n) is 6.82. The van der Waals surface area contributed by atoms with E-state index in [2.05, 4.69) is 47.1 Å². The van der Waals surface area contributed by atoms with Gasteiger partial charge in [-0.25, -0.2) is 19.8 Å². The number of aryl methyl sites for hydroxylation is 1. The van der Waals surface area contributed by atoms with Crippen LogP contribution in [0.2, 0.25) is 0 Å². The minimum Gasteiger partial charge on any atom is -0.505 e. The first kappa shape index (κ1) is 24.9. The maximum absolute atomic E-state index is 13.3. The molecule has 0 radical (unpaired) electrons. The number of amides is 1. The number of hydrogen-bond donors (Lipinski definition) is 4. The monoisotopic (exact) mass is 540 g/mol. The number of alkyl halides is 3. The number of phenolic OH excluding ortho intramolecular Hbond substituents is 1. The van der Waals surface area contributed by atoms with Crippen LogP contribution in [0.1, 0.15) is 27.2 Å². The van der Waals surface area contributed by atoms with E-state index in [4.69, 9.17) is 0 Å². The second-order valence-corrected chi connectivity index (χ2v) is 7.68. The number of rotatable bonds is 6. The predicted molar refractivity (Wildman–Crippen MR) is 123 cm³/mol. The fraction of sp³-hybridized carbons (Fsp3) is 0.143. The molecular weight excluding hydrogens is 524 g/mol. The Hall–Kier alpha value is -3.74. The normalized spacial score (nSPS) is 11.5. The minimum atomic E-state index is -4.59. The minimum absolute atomic E-state index is 0.0338. The van der Waals surface area contributed by atoms with E-state index in [0.29, 0.717) is 0 Å². The van der Waals surface area contributed by atoms with Crippen LogP contribution in [0, 0.1) is 12.7 Å². The van der Waals surface area contributed by atoms with Gasteiger partial charge in [-0.3, -0.25) is 4.79 Å². The molecule has 0 saturated carbocycles. The molecule has 13 heteroatoms. The molecule has 1 amide bonds. The summed E-state index contributed by atoms with van der Waals surface area (Å²) < 4.78 is 52.6. The number of hydrogen-bond acceptors (Lipinski definition) is 7. The van der Waals surface area contributed by atoms with Crippen LogP contribution in [0.5, 0.6) is 5.75 Å². The third kappa shape index (κ3) is 5.60. The zero-order valence-electron chi connectivity index (χ0n) is 17.6. The Morgan fingerprint density at radius 2 is 2.00 bits per heavy atom. The molecule has 0 fully saturated rings. The summed E-state index contributed by atoms with van der Waals surface area (Å²) in [6.45, 7) is 1.43. The molecule has 0 saturated heterocycles. The summed E-state index contributed by atoms with van der Waals surface area (Å²) in [4.78, 5) is 20.6. The molecule has 0 unspecified atom stereocenters. The van der Waals surface area contributed by atoms with Gasteiger partial charge in [0.25, 0.3) is 5.91 Å². The maximum Gasteiger partial charge on any atom is 0.416 e. The molecule has 4 N–H and O–H groups in total. The number of aromatic nitrogens is 2. The fourth-order valence-corrected chi connectivity index (χ4v) is 3.46. The number of phenols is 1. The maximum atomic E-state index is 13.3. The molecule has 0 spiro atoms. The lowest BCUT2D eigenvalue weighted by molar-refractivity contribution is -0.137. The van der Waals surface area contributed by atoms with Gasteiger partial charge in [-0.1, -0.05) is 6.07 Å². The summed E-state index contributed by atoms with van der Waals surface area (Å²) in [7, 11) is 1.54. The molecule has 3 rings (SSSR count). The lowest BCUT2D eigenvalue weighted by atomic mass is 10.0. The Bertz CT molecular complexity index is 1270. The molecule has 0 bridgehead atoms. The van der Waals surface area contributed by atoms with Crippen LogP contribution in [0.15, 0.2) is 46.1 Å². The molecule has 2 aromatic carbocycles. The van der Waals surface area contributed by atoms with E-state index in [0.717, 1.165) is 30.6 Å². The topological polar surface area (TPSA) is 112 Å². The quantitative estimate of drug-likeness (QED) is 0.149. The van der Waals surface area contributed by atoms with E-state index in [1.165, 1.54) is 26.1 Å². The van der Waals surface area contributed by atoms with E-state index >= 15 is 0 Å². The van der Waals surface area contributed by atoms with Crippen LogP contribution in [0.4, 0.5) is 34.9 Å². The third-order valence-electron chi connectivity index (χ3n) is 4.51. The van der Waals surface area contributed by atoms with Gasteiger partial charge in [0.15, 0.2) is 5.82 Å². The highest BCUT2D eigenvalue weighted by Gasteiger charge is 2.30. The highest BCUT2D eigenvalue weighted by Crippen LogP contribution is 2.36. The van der Waals surface area contributed by atoms with Crippen molar-refractivity contribution in [3.8, 4) is 5.75 Å². The van der Waals surface area contributed by atoms with E-state index < -0.39 is 23.5 Å². The largest absolute Gasteiger partial charge is 0.505 e. The van der Waals surface area contributed by atoms with Crippen molar-refractivity contribution in [2.75, 3.05) is 23.1 Å². The lowest BCUT2D eigenvalue weighted by Gasteiger charge is -2.15. The SMILES string of the molecule is CNc1cc(Br)c(C(=O)Nc2cccc(C(F)(F)F)c2)c(/C=N\Nc2ncc(F)c(C)n2)c1O. The number of carbonyl (C=O) groups excluding carboxylic acids is 1. The van der Waals surface area contributed by atoms with Gasteiger partial charge >= 0.3 is 6.18 Å². The average molecular weight is 541 g/mol. The summed E-state index contributed by atoms with van der Waals surface area (Å²) in [5, 5.41) is 19.7. The van der Waals surface area contributed by atoms with Gasteiger partial charge in [-0.2, -0.15) is 18.3 Å². The second kappa shape index (κ2) is 10.0. The Morgan fingerprint density at radius 1 is 1.26 bits per heavy atom. The van der Waals surface area contributed by atoms with Crippen molar-refractivity contribution in [1.82, 2.24) is 9.97 Å². The molecule has 1 heterocycles. The van der Waals surface area contributed by atoms with Crippen molar-refractivity contribution >= 4 is 45.4 Å². The van der Waals surface area contributed by atoms with Gasteiger partial charge in [0.2, 0.25) is 5.95 Å². The van der Waals surface area contributed by atoms with Crippen molar-refractivity contribution in [3.05, 3.63) is 69.2 Å². The molecule has 0 aliphatic heterocycles. The first-order valence-electron chi connectivity index (χ1n) is 9.51. The standard InChI is InChI=1S/C21H17BrF4N6O2/c1-10-15(23)9-28-20(30-10)32-29-8-13-17(14(22)7-16(27-2)18(13)33)19(34)31-12-5-3-4-11(6-12)21(24,25)26/h3-9,27,33H,1-2H3,(H,31,34)(H,28,30,32)/b29-8-. The Balaban J connectivity index is 1.96. The van der Waals surface area contributed by atoms with Crippen LogP contribution in [0.25, 0.3) is 0 Å². The van der Waals surface area contributed by atoms with E-state index in [-0.39, 0.29) is 44.4 Å². The van der Waals surface area contributed by atoms with Gasteiger partial charge in [0.05, 0.1) is 40.5 Å². The number of nitrogens with zero attached hydrogens (tertiary/aromatic N) is 3. The number of benzene rings is 2. The smallest absolute Gasteiger partial charge is 0.416 e. The van der Waals surface area contributed by atoms with Gasteiger partial charge < -0.3 is 15.7 Å². The van der Waals surface area contributed by atoms with Crippen molar-refractivity contribution in [2.45, 2.75) is 13.1 Å².